The van der Waals surface area contributed by atoms with E-state index in [0.717, 1.165) is 16.4 Å². The van der Waals surface area contributed by atoms with Gasteiger partial charge in [0.2, 0.25) is 15.9 Å². The van der Waals surface area contributed by atoms with Gasteiger partial charge in [0, 0.05) is 33.2 Å². The van der Waals surface area contributed by atoms with Gasteiger partial charge in [-0.1, -0.05) is 60.7 Å². The summed E-state index contributed by atoms with van der Waals surface area (Å²) in [5, 5.41) is 0. The summed E-state index contributed by atoms with van der Waals surface area (Å²) < 4.78 is 39.7. The molecule has 1 aliphatic heterocycles. The van der Waals surface area contributed by atoms with Gasteiger partial charge in [0.1, 0.15) is 5.82 Å². The quantitative estimate of drug-likeness (QED) is 0.519. The molecule has 0 aliphatic carbocycles. The van der Waals surface area contributed by atoms with Crippen molar-refractivity contribution in [3.8, 4) is 0 Å². The van der Waals surface area contributed by atoms with E-state index < -0.39 is 15.8 Å². The first-order chi connectivity index (χ1) is 16.4. The summed E-state index contributed by atoms with van der Waals surface area (Å²) in [7, 11) is -2.51. The Morgan fingerprint density at radius 1 is 0.853 bits per heavy atom. The molecule has 0 bridgehead atoms. The van der Waals surface area contributed by atoms with Crippen LogP contribution in [0.4, 0.5) is 4.39 Å². The largest absolute Gasteiger partial charge is 0.339 e. The number of hydrogen-bond acceptors (Lipinski definition) is 4. The highest BCUT2D eigenvalue weighted by Crippen LogP contribution is 2.29. The number of likely N-dealkylation sites (N-methyl/N-ethyl adjacent to an activating group) is 1. The molecule has 3 aromatic carbocycles. The number of nitrogens with zero attached hydrogens (tertiary/aromatic N) is 3. The first-order valence-corrected chi connectivity index (χ1v) is 12.6. The van der Waals surface area contributed by atoms with E-state index in [2.05, 4.69) is 29.2 Å². The van der Waals surface area contributed by atoms with Crippen LogP contribution in [0.3, 0.4) is 0 Å². The number of benzene rings is 3. The maximum atomic E-state index is 13.2. The molecule has 0 aromatic heterocycles. The average Bonchev–Trinajstić information content (AvgIpc) is 2.86. The molecule has 1 heterocycles. The van der Waals surface area contributed by atoms with Crippen molar-refractivity contribution in [1.29, 1.82) is 0 Å². The number of rotatable bonds is 7. The van der Waals surface area contributed by atoms with Gasteiger partial charge in [0.15, 0.2) is 0 Å². The summed E-state index contributed by atoms with van der Waals surface area (Å²) in [6, 6.07) is 25.3. The molecule has 0 N–H and O–H groups in total. The zero-order valence-corrected chi connectivity index (χ0v) is 19.9. The fourth-order valence-electron chi connectivity index (χ4n) is 4.28. The van der Waals surface area contributed by atoms with E-state index in [9.17, 15) is 17.6 Å². The van der Waals surface area contributed by atoms with Crippen LogP contribution in [0, 0.1) is 5.82 Å². The SMILES string of the molecule is CN(CC(=O)N1CCN(C(c2ccccc2)c2ccccc2)CC1)S(=O)(=O)c1ccc(F)cc1. The minimum absolute atomic E-state index is 0.0393. The van der Waals surface area contributed by atoms with Crippen LogP contribution in [-0.4, -0.2) is 68.2 Å². The molecule has 0 spiro atoms. The highest BCUT2D eigenvalue weighted by Gasteiger charge is 2.30. The highest BCUT2D eigenvalue weighted by atomic mass is 32.2. The second-order valence-electron chi connectivity index (χ2n) is 8.36. The van der Waals surface area contributed by atoms with Crippen LogP contribution in [0.15, 0.2) is 89.8 Å². The number of carbonyl (C=O) groups excluding carboxylic acids is 1. The van der Waals surface area contributed by atoms with Crippen molar-refractivity contribution in [1.82, 2.24) is 14.1 Å². The second kappa shape index (κ2) is 10.5. The third-order valence-corrected chi connectivity index (χ3v) is 7.96. The fraction of sp³-hybridized carbons (Fsp3) is 0.269. The summed E-state index contributed by atoms with van der Waals surface area (Å²) in [5.74, 6) is -0.760. The molecule has 1 amide bonds. The van der Waals surface area contributed by atoms with E-state index in [4.69, 9.17) is 0 Å². The van der Waals surface area contributed by atoms with Crippen molar-refractivity contribution >= 4 is 15.9 Å². The van der Waals surface area contributed by atoms with Crippen LogP contribution in [0.1, 0.15) is 17.2 Å². The smallest absolute Gasteiger partial charge is 0.243 e. The second-order valence-corrected chi connectivity index (χ2v) is 10.4. The summed E-state index contributed by atoms with van der Waals surface area (Å²) in [6.07, 6.45) is 0. The molecule has 1 saturated heterocycles. The molecule has 178 valence electrons. The van der Waals surface area contributed by atoms with E-state index >= 15 is 0 Å². The van der Waals surface area contributed by atoms with Crippen molar-refractivity contribution in [3.63, 3.8) is 0 Å². The Morgan fingerprint density at radius 2 is 1.35 bits per heavy atom. The average molecular weight is 482 g/mol. The maximum Gasteiger partial charge on any atom is 0.243 e. The fourth-order valence-corrected chi connectivity index (χ4v) is 5.40. The van der Waals surface area contributed by atoms with E-state index in [1.54, 1.807) is 4.90 Å². The highest BCUT2D eigenvalue weighted by molar-refractivity contribution is 7.89. The van der Waals surface area contributed by atoms with E-state index in [-0.39, 0.29) is 23.4 Å². The molecular weight excluding hydrogens is 453 g/mol. The van der Waals surface area contributed by atoms with Crippen LogP contribution in [0.5, 0.6) is 0 Å². The lowest BCUT2D eigenvalue weighted by Crippen LogP contribution is -2.52. The summed E-state index contributed by atoms with van der Waals surface area (Å²) in [4.78, 5) is 16.9. The van der Waals surface area contributed by atoms with Gasteiger partial charge in [-0.2, -0.15) is 4.31 Å². The van der Waals surface area contributed by atoms with Crippen molar-refractivity contribution in [2.24, 2.45) is 0 Å². The number of halogens is 1. The van der Waals surface area contributed by atoms with E-state index in [1.165, 1.54) is 30.3 Å². The zero-order valence-electron chi connectivity index (χ0n) is 19.0. The maximum absolute atomic E-state index is 13.2. The molecular formula is C26H28FN3O3S. The van der Waals surface area contributed by atoms with Gasteiger partial charge in [-0.15, -0.1) is 0 Å². The lowest BCUT2D eigenvalue weighted by molar-refractivity contribution is -0.133. The summed E-state index contributed by atoms with van der Waals surface area (Å²) in [5.41, 5.74) is 2.39. The van der Waals surface area contributed by atoms with Gasteiger partial charge in [-0.05, 0) is 35.4 Å². The number of piperazine rings is 1. The van der Waals surface area contributed by atoms with Crippen LogP contribution in [-0.2, 0) is 14.8 Å². The topological polar surface area (TPSA) is 60.9 Å². The van der Waals surface area contributed by atoms with Gasteiger partial charge in [-0.25, -0.2) is 12.8 Å². The molecule has 6 nitrogen and oxygen atoms in total. The minimum atomic E-state index is -3.88. The van der Waals surface area contributed by atoms with Gasteiger partial charge in [0.05, 0.1) is 17.5 Å². The molecule has 8 heteroatoms. The third-order valence-electron chi connectivity index (χ3n) is 6.14. The Kier molecular flexibility index (Phi) is 7.41. The van der Waals surface area contributed by atoms with Crippen LogP contribution >= 0.6 is 0 Å². The number of sulfonamides is 1. The number of carbonyl (C=O) groups is 1. The molecule has 0 radical (unpaired) electrons. The van der Waals surface area contributed by atoms with E-state index in [0.29, 0.717) is 26.2 Å². The molecule has 3 aromatic rings. The number of amides is 1. The van der Waals surface area contributed by atoms with Crippen molar-refractivity contribution in [2.75, 3.05) is 39.8 Å². The Labute approximate surface area is 200 Å². The van der Waals surface area contributed by atoms with Gasteiger partial charge >= 0.3 is 0 Å². The Hall–Kier alpha value is -3.07. The molecule has 0 atom stereocenters. The summed E-state index contributed by atoms with van der Waals surface area (Å²) >= 11 is 0. The molecule has 34 heavy (non-hydrogen) atoms. The molecule has 0 unspecified atom stereocenters. The van der Waals surface area contributed by atoms with Crippen molar-refractivity contribution in [3.05, 3.63) is 102 Å². The molecule has 0 saturated carbocycles. The lowest BCUT2D eigenvalue weighted by atomic mass is 9.96. The Morgan fingerprint density at radius 3 is 1.85 bits per heavy atom. The van der Waals surface area contributed by atoms with Gasteiger partial charge in [-0.3, -0.25) is 9.69 Å². The van der Waals surface area contributed by atoms with Crippen LogP contribution < -0.4 is 0 Å². The minimum Gasteiger partial charge on any atom is -0.339 e. The first kappa shape index (κ1) is 24.1. The summed E-state index contributed by atoms with van der Waals surface area (Å²) in [6.45, 7) is 2.11. The molecule has 1 aliphatic rings. The van der Waals surface area contributed by atoms with Crippen LogP contribution in [0.25, 0.3) is 0 Å². The first-order valence-electron chi connectivity index (χ1n) is 11.2. The van der Waals surface area contributed by atoms with Crippen LogP contribution in [0.2, 0.25) is 0 Å². The van der Waals surface area contributed by atoms with Gasteiger partial charge in [0.25, 0.3) is 0 Å². The Bertz CT molecular complexity index is 1160. The van der Waals surface area contributed by atoms with Crippen molar-refractivity contribution < 1.29 is 17.6 Å². The lowest BCUT2D eigenvalue weighted by Gasteiger charge is -2.40. The molecule has 1 fully saturated rings. The van der Waals surface area contributed by atoms with Gasteiger partial charge < -0.3 is 4.90 Å². The van der Waals surface area contributed by atoms with E-state index in [1.807, 2.05) is 36.4 Å². The third kappa shape index (κ3) is 5.35. The zero-order chi connectivity index (χ0) is 24.1. The monoisotopic (exact) mass is 481 g/mol. The standard InChI is InChI=1S/C26H28FN3O3S/c1-28(34(32,33)24-14-12-23(27)13-15-24)20-25(31)29-16-18-30(19-17-29)26(21-8-4-2-5-9-21)22-10-6-3-7-11-22/h2-15,26H,16-20H2,1H3. The number of hydrogen-bond donors (Lipinski definition) is 0. The predicted octanol–water partition coefficient (Wildman–Crippen LogP) is 3.38. The van der Waals surface area contributed by atoms with Crippen molar-refractivity contribution in [2.45, 2.75) is 10.9 Å². The predicted molar refractivity (Wildman–Crippen MR) is 129 cm³/mol. The molecule has 4 rings (SSSR count). The normalized spacial score (nSPS) is 15.1. The Balaban J connectivity index is 1.41.